The van der Waals surface area contributed by atoms with Gasteiger partial charge in [0.2, 0.25) is 11.8 Å². The Bertz CT molecular complexity index is 551. The first-order valence-electron chi connectivity index (χ1n) is 5.40. The van der Waals surface area contributed by atoms with Crippen molar-refractivity contribution in [1.82, 2.24) is 10.1 Å². The summed E-state index contributed by atoms with van der Waals surface area (Å²) in [5.41, 5.74) is 0.666. The first-order chi connectivity index (χ1) is 8.67. The Labute approximate surface area is 104 Å². The normalized spacial score (nSPS) is 10.1. The van der Waals surface area contributed by atoms with Crippen LogP contribution in [0, 0.1) is 6.92 Å². The Morgan fingerprint density at radius 1 is 1.50 bits per heavy atom. The van der Waals surface area contributed by atoms with Gasteiger partial charge in [-0.15, -0.1) is 0 Å². The van der Waals surface area contributed by atoms with Gasteiger partial charge in [0.05, 0.1) is 13.5 Å². The maximum absolute atomic E-state index is 11.7. The molecule has 2 rings (SSSR count). The first kappa shape index (κ1) is 12.1. The van der Waals surface area contributed by atoms with Crippen LogP contribution >= 0.6 is 0 Å². The average Bonchev–Trinajstić information content (AvgIpc) is 2.74. The molecule has 0 aliphatic rings. The highest BCUT2D eigenvalue weighted by molar-refractivity contribution is 5.91. The van der Waals surface area contributed by atoms with E-state index in [1.165, 1.54) is 0 Å². The number of methoxy groups -OCH3 is 1. The molecule has 0 atom stereocenters. The lowest BCUT2D eigenvalue weighted by atomic mass is 10.3. The van der Waals surface area contributed by atoms with Crippen LogP contribution in [0.25, 0.3) is 0 Å². The largest absolute Gasteiger partial charge is 0.497 e. The molecule has 0 unspecified atom stereocenters. The van der Waals surface area contributed by atoms with Crippen molar-refractivity contribution in [2.24, 2.45) is 0 Å². The van der Waals surface area contributed by atoms with E-state index in [2.05, 4.69) is 15.5 Å². The molecule has 6 nitrogen and oxygen atoms in total. The van der Waals surface area contributed by atoms with Crippen molar-refractivity contribution in [2.45, 2.75) is 13.3 Å². The summed E-state index contributed by atoms with van der Waals surface area (Å²) in [5.74, 6) is 1.29. The number of carbonyl (C=O) groups excluding carboxylic acids is 1. The zero-order valence-electron chi connectivity index (χ0n) is 10.1. The molecule has 0 saturated carbocycles. The van der Waals surface area contributed by atoms with Gasteiger partial charge in [0.15, 0.2) is 5.82 Å². The quantitative estimate of drug-likeness (QED) is 0.887. The number of benzene rings is 1. The molecule has 6 heteroatoms. The van der Waals surface area contributed by atoms with E-state index < -0.39 is 0 Å². The fourth-order valence-corrected chi connectivity index (χ4v) is 1.46. The van der Waals surface area contributed by atoms with Crippen molar-refractivity contribution in [2.75, 3.05) is 12.4 Å². The van der Waals surface area contributed by atoms with Crippen LogP contribution in [0.15, 0.2) is 28.8 Å². The lowest BCUT2D eigenvalue weighted by Gasteiger charge is -2.05. The lowest BCUT2D eigenvalue weighted by Crippen LogP contribution is -2.15. The highest BCUT2D eigenvalue weighted by Crippen LogP contribution is 2.16. The standard InChI is InChI=1S/C12H13N3O3/c1-8-13-11(15-18-8)7-12(16)14-9-4-3-5-10(6-9)17-2/h3-6H,7H2,1-2H3,(H,14,16). The van der Waals surface area contributed by atoms with E-state index in [1.54, 1.807) is 38.3 Å². The molecule has 1 N–H and O–H groups in total. The fraction of sp³-hybridized carbons (Fsp3) is 0.250. The van der Waals surface area contributed by atoms with Crippen LogP contribution in [-0.2, 0) is 11.2 Å². The smallest absolute Gasteiger partial charge is 0.232 e. The van der Waals surface area contributed by atoms with Crippen molar-refractivity contribution in [1.29, 1.82) is 0 Å². The zero-order valence-corrected chi connectivity index (χ0v) is 10.1. The molecule has 1 aromatic heterocycles. The van der Waals surface area contributed by atoms with Crippen LogP contribution in [0.5, 0.6) is 5.75 Å². The minimum Gasteiger partial charge on any atom is -0.497 e. The maximum Gasteiger partial charge on any atom is 0.232 e. The average molecular weight is 247 g/mol. The van der Waals surface area contributed by atoms with Gasteiger partial charge in [0.1, 0.15) is 5.75 Å². The highest BCUT2D eigenvalue weighted by atomic mass is 16.5. The molecule has 0 bridgehead atoms. The number of amides is 1. The number of aryl methyl sites for hydroxylation is 1. The number of hydrogen-bond acceptors (Lipinski definition) is 5. The molecule has 94 valence electrons. The maximum atomic E-state index is 11.7. The van der Waals surface area contributed by atoms with Crippen molar-refractivity contribution >= 4 is 11.6 Å². The number of rotatable bonds is 4. The predicted octanol–water partition coefficient (Wildman–Crippen LogP) is 1.57. The molecular weight excluding hydrogens is 234 g/mol. The number of aromatic nitrogens is 2. The molecule has 1 amide bonds. The number of ether oxygens (including phenoxy) is 1. The van der Waals surface area contributed by atoms with E-state index in [0.717, 1.165) is 0 Å². The summed E-state index contributed by atoms with van der Waals surface area (Å²) in [6, 6.07) is 7.12. The third kappa shape index (κ3) is 3.07. The van der Waals surface area contributed by atoms with E-state index in [0.29, 0.717) is 23.2 Å². The molecule has 0 radical (unpaired) electrons. The van der Waals surface area contributed by atoms with E-state index in [-0.39, 0.29) is 12.3 Å². The van der Waals surface area contributed by atoms with Gasteiger partial charge in [-0.25, -0.2) is 0 Å². The summed E-state index contributed by atoms with van der Waals surface area (Å²) in [6.07, 6.45) is 0.0779. The number of nitrogens with zero attached hydrogens (tertiary/aromatic N) is 2. The van der Waals surface area contributed by atoms with E-state index >= 15 is 0 Å². The first-order valence-corrected chi connectivity index (χ1v) is 5.40. The second kappa shape index (κ2) is 5.31. The van der Waals surface area contributed by atoms with Crippen LogP contribution in [0.4, 0.5) is 5.69 Å². The molecule has 0 saturated heterocycles. The van der Waals surface area contributed by atoms with Gasteiger partial charge < -0.3 is 14.6 Å². The van der Waals surface area contributed by atoms with Crippen molar-refractivity contribution in [3.8, 4) is 5.75 Å². The summed E-state index contributed by atoms with van der Waals surface area (Å²) in [7, 11) is 1.57. The molecule has 0 fully saturated rings. The molecule has 0 aliphatic carbocycles. The molecule has 18 heavy (non-hydrogen) atoms. The predicted molar refractivity (Wildman–Crippen MR) is 64.4 cm³/mol. The highest BCUT2D eigenvalue weighted by Gasteiger charge is 2.09. The van der Waals surface area contributed by atoms with Crippen molar-refractivity contribution in [3.63, 3.8) is 0 Å². The third-order valence-electron chi connectivity index (χ3n) is 2.24. The summed E-state index contributed by atoms with van der Waals surface area (Å²) in [6.45, 7) is 1.68. The Balaban J connectivity index is 1.98. The van der Waals surface area contributed by atoms with E-state index in [1.807, 2.05) is 0 Å². The van der Waals surface area contributed by atoms with Gasteiger partial charge >= 0.3 is 0 Å². The number of carbonyl (C=O) groups is 1. The monoisotopic (exact) mass is 247 g/mol. The minimum absolute atomic E-state index is 0.0779. The van der Waals surface area contributed by atoms with Gasteiger partial charge in [0, 0.05) is 18.7 Å². The minimum atomic E-state index is -0.205. The van der Waals surface area contributed by atoms with Gasteiger partial charge in [-0.1, -0.05) is 11.2 Å². The van der Waals surface area contributed by atoms with Crippen LogP contribution in [0.2, 0.25) is 0 Å². The van der Waals surface area contributed by atoms with Crippen molar-refractivity contribution < 1.29 is 14.1 Å². The Kier molecular flexibility index (Phi) is 3.57. The number of hydrogen-bond donors (Lipinski definition) is 1. The lowest BCUT2D eigenvalue weighted by molar-refractivity contribution is -0.115. The topological polar surface area (TPSA) is 77.2 Å². The van der Waals surface area contributed by atoms with Crippen molar-refractivity contribution in [3.05, 3.63) is 36.0 Å². The van der Waals surface area contributed by atoms with Crippen LogP contribution in [0.1, 0.15) is 11.7 Å². The second-order valence-electron chi connectivity index (χ2n) is 3.69. The van der Waals surface area contributed by atoms with Gasteiger partial charge in [-0.05, 0) is 12.1 Å². The van der Waals surface area contributed by atoms with Crippen LogP contribution < -0.4 is 10.1 Å². The van der Waals surface area contributed by atoms with E-state index in [9.17, 15) is 4.79 Å². The van der Waals surface area contributed by atoms with E-state index in [4.69, 9.17) is 9.26 Å². The molecule has 1 heterocycles. The molecule has 2 aromatic rings. The molecule has 1 aromatic carbocycles. The molecular formula is C12H13N3O3. The Morgan fingerprint density at radius 2 is 2.33 bits per heavy atom. The third-order valence-corrected chi connectivity index (χ3v) is 2.24. The van der Waals surface area contributed by atoms with Crippen LogP contribution in [-0.4, -0.2) is 23.2 Å². The SMILES string of the molecule is COc1cccc(NC(=O)Cc2noc(C)n2)c1. The number of anilines is 1. The zero-order chi connectivity index (χ0) is 13.0. The summed E-state index contributed by atoms with van der Waals surface area (Å²) < 4.78 is 9.86. The van der Waals surface area contributed by atoms with Crippen LogP contribution in [0.3, 0.4) is 0 Å². The second-order valence-corrected chi connectivity index (χ2v) is 3.69. The van der Waals surface area contributed by atoms with Gasteiger partial charge in [0.25, 0.3) is 0 Å². The Hall–Kier alpha value is -2.37. The number of nitrogens with one attached hydrogen (secondary N) is 1. The summed E-state index contributed by atoms with van der Waals surface area (Å²) >= 11 is 0. The summed E-state index contributed by atoms with van der Waals surface area (Å²) in [5, 5.41) is 6.39. The Morgan fingerprint density at radius 3 is 3.00 bits per heavy atom. The summed E-state index contributed by atoms with van der Waals surface area (Å²) in [4.78, 5) is 15.7. The molecule has 0 aliphatic heterocycles. The molecule has 0 spiro atoms. The van der Waals surface area contributed by atoms with Gasteiger partial charge in [-0.3, -0.25) is 4.79 Å². The fourth-order valence-electron chi connectivity index (χ4n) is 1.46. The van der Waals surface area contributed by atoms with Gasteiger partial charge in [-0.2, -0.15) is 4.98 Å².